The molecule has 0 atom stereocenters. The van der Waals surface area contributed by atoms with Crippen molar-refractivity contribution >= 4 is 22.4 Å². The number of nitrogens with zero attached hydrogens (tertiary/aromatic N) is 3. The minimum absolute atomic E-state index is 0.0728. The van der Waals surface area contributed by atoms with Gasteiger partial charge in [0.2, 0.25) is 0 Å². The zero-order valence-electron chi connectivity index (χ0n) is 17.7. The first kappa shape index (κ1) is 22.1. The van der Waals surface area contributed by atoms with Crippen molar-refractivity contribution in [1.29, 1.82) is 0 Å². The van der Waals surface area contributed by atoms with Crippen molar-refractivity contribution in [3.8, 4) is 0 Å². The molecule has 3 rings (SSSR count). The van der Waals surface area contributed by atoms with E-state index in [0.717, 1.165) is 5.69 Å². The number of ether oxygens (including phenoxy) is 1. The summed E-state index contributed by atoms with van der Waals surface area (Å²) in [5, 5.41) is 5.30. The highest BCUT2D eigenvalue weighted by molar-refractivity contribution is 7.14. The second kappa shape index (κ2) is 9.49. The molecule has 8 heteroatoms. The van der Waals surface area contributed by atoms with Gasteiger partial charge in [-0.2, -0.15) is 0 Å². The van der Waals surface area contributed by atoms with Crippen LogP contribution in [-0.4, -0.2) is 26.5 Å². The van der Waals surface area contributed by atoms with Gasteiger partial charge in [0.15, 0.2) is 5.13 Å². The number of pyridine rings is 1. The lowest BCUT2D eigenvalue weighted by Gasteiger charge is -2.25. The van der Waals surface area contributed by atoms with Crippen LogP contribution in [0.5, 0.6) is 0 Å². The van der Waals surface area contributed by atoms with Gasteiger partial charge in [0.25, 0.3) is 5.91 Å². The molecule has 0 aliphatic rings. The lowest BCUT2D eigenvalue weighted by atomic mass is 10.1. The van der Waals surface area contributed by atoms with Gasteiger partial charge in [-0.3, -0.25) is 15.1 Å². The first-order chi connectivity index (χ1) is 14.3. The second-order valence-electron chi connectivity index (χ2n) is 7.83. The van der Waals surface area contributed by atoms with E-state index in [2.05, 4.69) is 15.3 Å². The number of carbonyl (C=O) groups excluding carboxylic acids is 1. The zero-order chi connectivity index (χ0) is 21.7. The third-order valence-corrected chi connectivity index (χ3v) is 5.39. The van der Waals surface area contributed by atoms with Crippen LogP contribution in [0.1, 0.15) is 55.9 Å². The molecule has 0 spiro atoms. The fourth-order valence-corrected chi connectivity index (χ4v) is 4.14. The summed E-state index contributed by atoms with van der Waals surface area (Å²) in [6, 6.07) is 5.28. The number of hydrogen-bond donors (Lipinski definition) is 1. The molecule has 0 aromatic carbocycles. The van der Waals surface area contributed by atoms with Crippen molar-refractivity contribution in [3.05, 3.63) is 64.9 Å². The van der Waals surface area contributed by atoms with E-state index in [1.54, 1.807) is 18.3 Å². The van der Waals surface area contributed by atoms with E-state index >= 15 is 0 Å². The maximum atomic E-state index is 13.7. The van der Waals surface area contributed by atoms with Crippen molar-refractivity contribution in [3.63, 3.8) is 0 Å². The molecule has 3 aromatic heterocycles. The zero-order valence-corrected chi connectivity index (χ0v) is 18.5. The van der Waals surface area contributed by atoms with E-state index in [1.165, 1.54) is 17.5 Å². The van der Waals surface area contributed by atoms with Gasteiger partial charge in [-0.25, -0.2) is 9.37 Å². The largest absolute Gasteiger partial charge is 0.367 e. The number of anilines is 1. The summed E-state index contributed by atoms with van der Waals surface area (Å²) in [5.74, 6) is -0.523. The molecule has 0 bridgehead atoms. The van der Waals surface area contributed by atoms with Gasteiger partial charge >= 0.3 is 0 Å². The molecule has 0 saturated heterocycles. The topological polar surface area (TPSA) is 69.0 Å². The number of nitrogens with one attached hydrogen (secondary N) is 1. The Kier molecular flexibility index (Phi) is 6.99. The van der Waals surface area contributed by atoms with Crippen LogP contribution in [0.15, 0.2) is 42.2 Å². The summed E-state index contributed by atoms with van der Waals surface area (Å²) in [4.78, 5) is 21.1. The van der Waals surface area contributed by atoms with Gasteiger partial charge in [0, 0.05) is 24.3 Å². The molecule has 0 fully saturated rings. The monoisotopic (exact) mass is 430 g/mol. The molecule has 3 heterocycles. The predicted octanol–water partition coefficient (Wildman–Crippen LogP) is 5.02. The molecule has 1 N–H and O–H groups in total. The van der Waals surface area contributed by atoms with Gasteiger partial charge in [0.05, 0.1) is 18.0 Å². The predicted molar refractivity (Wildman–Crippen MR) is 116 cm³/mol. The van der Waals surface area contributed by atoms with Gasteiger partial charge in [-0.05, 0) is 64.3 Å². The smallest absolute Gasteiger partial charge is 0.274 e. The van der Waals surface area contributed by atoms with E-state index < -0.39 is 5.60 Å². The molecule has 0 aliphatic carbocycles. The Balaban J connectivity index is 1.61. The number of thiazole rings is 1. The fourth-order valence-electron chi connectivity index (χ4n) is 3.28. The quantitative estimate of drug-likeness (QED) is 0.517. The Bertz CT molecular complexity index is 996. The lowest BCUT2D eigenvalue weighted by molar-refractivity contribution is -0.0623. The highest BCUT2D eigenvalue weighted by Gasteiger charge is 2.26. The molecule has 0 unspecified atom stereocenters. The van der Waals surface area contributed by atoms with Crippen LogP contribution in [0.4, 0.5) is 9.52 Å². The summed E-state index contributed by atoms with van der Waals surface area (Å²) in [5.41, 5.74) is 1.42. The minimum atomic E-state index is -0.532. The average molecular weight is 431 g/mol. The number of halogens is 1. The van der Waals surface area contributed by atoms with E-state index in [9.17, 15) is 9.18 Å². The van der Waals surface area contributed by atoms with Crippen molar-refractivity contribution in [2.75, 3.05) is 5.32 Å². The van der Waals surface area contributed by atoms with Crippen LogP contribution in [0.2, 0.25) is 0 Å². The van der Waals surface area contributed by atoms with Gasteiger partial charge in [-0.15, -0.1) is 11.3 Å². The normalized spacial score (nSPS) is 11.8. The molecular formula is C22H27FN4O2S. The van der Waals surface area contributed by atoms with Crippen LogP contribution in [0.3, 0.4) is 0 Å². The van der Waals surface area contributed by atoms with Crippen LogP contribution in [-0.2, 0) is 23.3 Å². The second-order valence-corrected chi connectivity index (χ2v) is 8.68. The summed E-state index contributed by atoms with van der Waals surface area (Å²) in [6.45, 7) is 8.49. The highest BCUT2D eigenvalue weighted by atomic mass is 32.1. The number of aryl methyl sites for hydroxylation is 2. The Labute approximate surface area is 180 Å². The summed E-state index contributed by atoms with van der Waals surface area (Å²) >= 11 is 1.37. The molecule has 160 valence electrons. The van der Waals surface area contributed by atoms with Crippen molar-refractivity contribution in [2.45, 2.75) is 58.8 Å². The molecular weight excluding hydrogens is 403 g/mol. The minimum Gasteiger partial charge on any atom is -0.367 e. The summed E-state index contributed by atoms with van der Waals surface area (Å²) < 4.78 is 21.5. The maximum absolute atomic E-state index is 13.7. The van der Waals surface area contributed by atoms with E-state index in [1.807, 2.05) is 49.9 Å². The molecule has 3 aromatic rings. The van der Waals surface area contributed by atoms with Gasteiger partial charge in [0.1, 0.15) is 17.1 Å². The number of hydrogen-bond acceptors (Lipinski definition) is 5. The maximum Gasteiger partial charge on any atom is 0.274 e. The highest BCUT2D eigenvalue weighted by Crippen LogP contribution is 2.29. The van der Waals surface area contributed by atoms with Crippen LogP contribution < -0.4 is 5.32 Å². The van der Waals surface area contributed by atoms with Gasteiger partial charge < -0.3 is 9.30 Å². The molecule has 30 heavy (non-hydrogen) atoms. The third kappa shape index (κ3) is 5.52. The first-order valence-corrected chi connectivity index (χ1v) is 10.8. The van der Waals surface area contributed by atoms with E-state index in [0.29, 0.717) is 35.8 Å². The average Bonchev–Trinajstić information content (AvgIpc) is 3.32. The Morgan fingerprint density at radius 3 is 2.90 bits per heavy atom. The fraction of sp³-hybridized carbons (Fsp3) is 0.409. The SMILES string of the molecule is CC(C)OC(C)(C)c1csc(NC(=O)c2cccn2CCCc2ccncc2F)n1. The molecule has 0 radical (unpaired) electrons. The molecule has 0 aliphatic heterocycles. The van der Waals surface area contributed by atoms with Crippen LogP contribution in [0, 0.1) is 5.82 Å². The number of aromatic nitrogens is 3. The Morgan fingerprint density at radius 2 is 2.17 bits per heavy atom. The standard InChI is InChI=1S/C22H27FN4O2S/c1-15(2)29-22(3,4)19-14-30-21(25-19)26-20(28)18-8-6-12-27(18)11-5-7-16-9-10-24-13-17(16)23/h6,8-10,12-15H,5,7,11H2,1-4H3,(H,25,26,28). The van der Waals surface area contributed by atoms with Crippen LogP contribution in [0.25, 0.3) is 0 Å². The number of carbonyl (C=O) groups is 1. The number of rotatable bonds is 9. The van der Waals surface area contributed by atoms with Crippen molar-refractivity contribution in [1.82, 2.24) is 14.5 Å². The summed E-state index contributed by atoms with van der Waals surface area (Å²) in [7, 11) is 0. The Morgan fingerprint density at radius 1 is 1.37 bits per heavy atom. The lowest BCUT2D eigenvalue weighted by Crippen LogP contribution is -2.26. The van der Waals surface area contributed by atoms with Gasteiger partial charge in [-0.1, -0.05) is 0 Å². The number of amides is 1. The van der Waals surface area contributed by atoms with E-state index in [4.69, 9.17) is 4.74 Å². The molecule has 6 nitrogen and oxygen atoms in total. The van der Waals surface area contributed by atoms with Crippen molar-refractivity contribution < 1.29 is 13.9 Å². The third-order valence-electron chi connectivity index (χ3n) is 4.64. The van der Waals surface area contributed by atoms with Crippen molar-refractivity contribution in [2.24, 2.45) is 0 Å². The summed E-state index contributed by atoms with van der Waals surface area (Å²) in [6.07, 6.45) is 6.02. The molecule has 0 saturated carbocycles. The Hall–Kier alpha value is -2.58. The van der Waals surface area contributed by atoms with Crippen LogP contribution >= 0.6 is 11.3 Å². The van der Waals surface area contributed by atoms with E-state index in [-0.39, 0.29) is 17.8 Å². The molecule has 1 amide bonds. The first-order valence-electron chi connectivity index (χ1n) is 9.95.